The summed E-state index contributed by atoms with van der Waals surface area (Å²) in [5.41, 5.74) is 20.3. The first kappa shape index (κ1) is 44.7. The van der Waals surface area contributed by atoms with Crippen molar-refractivity contribution in [3.63, 3.8) is 0 Å². The second-order valence-electron chi connectivity index (χ2n) is 20.7. The van der Waals surface area contributed by atoms with Crippen LogP contribution in [0.2, 0.25) is 0 Å². The lowest BCUT2D eigenvalue weighted by molar-refractivity contribution is 0.770. The van der Waals surface area contributed by atoms with Crippen LogP contribution in [0, 0.1) is 0 Å². The van der Waals surface area contributed by atoms with Gasteiger partial charge in [0.25, 0.3) is 0 Å². The zero-order valence-electron chi connectivity index (χ0n) is 42.5. The van der Waals surface area contributed by atoms with Crippen molar-refractivity contribution in [3.05, 3.63) is 331 Å². The van der Waals surface area contributed by atoms with Crippen molar-refractivity contribution >= 4 is 54.7 Å². The number of allylic oxidation sites excluding steroid dienone is 3. The van der Waals surface area contributed by atoms with Gasteiger partial charge in [-0.25, -0.2) is 0 Å². The van der Waals surface area contributed by atoms with Crippen molar-refractivity contribution in [2.75, 3.05) is 4.90 Å². The summed E-state index contributed by atoms with van der Waals surface area (Å²) in [4.78, 5) is 2.42. The molecule has 15 rings (SSSR count). The predicted octanol–water partition coefficient (Wildman–Crippen LogP) is 19.6. The first-order valence-electron chi connectivity index (χ1n) is 26.9. The van der Waals surface area contributed by atoms with Crippen LogP contribution in [-0.4, -0.2) is 4.57 Å². The highest BCUT2D eigenvalue weighted by Crippen LogP contribution is 2.56. The van der Waals surface area contributed by atoms with Gasteiger partial charge in [0.1, 0.15) is 0 Å². The van der Waals surface area contributed by atoms with Crippen molar-refractivity contribution in [1.82, 2.24) is 4.57 Å². The van der Waals surface area contributed by atoms with Crippen molar-refractivity contribution in [2.45, 2.75) is 17.8 Å². The zero-order chi connectivity index (χ0) is 50.9. The third kappa shape index (κ3) is 7.25. The Kier molecular flexibility index (Phi) is 10.6. The summed E-state index contributed by atoms with van der Waals surface area (Å²) < 4.78 is 2.44. The number of anilines is 2. The Labute approximate surface area is 449 Å². The number of benzene rings is 12. The summed E-state index contributed by atoms with van der Waals surface area (Å²) >= 11 is 0. The van der Waals surface area contributed by atoms with Gasteiger partial charge >= 0.3 is 0 Å². The molecule has 1 aromatic heterocycles. The Bertz CT molecular complexity index is 4410. The molecule has 0 fully saturated rings. The van der Waals surface area contributed by atoms with E-state index in [0.29, 0.717) is 0 Å². The second kappa shape index (κ2) is 18.3. The highest BCUT2D eigenvalue weighted by molar-refractivity contribution is 6.11. The first-order chi connectivity index (χ1) is 38.2. The van der Waals surface area contributed by atoms with Crippen LogP contribution >= 0.6 is 0 Å². The van der Waals surface area contributed by atoms with E-state index in [1.807, 2.05) is 0 Å². The Morgan fingerprint density at radius 1 is 0.377 bits per heavy atom. The van der Waals surface area contributed by atoms with E-state index in [2.05, 4.69) is 307 Å². The molecule has 77 heavy (non-hydrogen) atoms. The van der Waals surface area contributed by atoms with Crippen LogP contribution in [0.25, 0.3) is 82.4 Å². The van der Waals surface area contributed by atoms with Crippen LogP contribution in [0.15, 0.2) is 303 Å². The lowest BCUT2D eigenvalue weighted by atomic mass is 9.67. The highest BCUT2D eigenvalue weighted by Gasteiger charge is 2.46. The van der Waals surface area contributed by atoms with Crippen LogP contribution in [-0.2, 0) is 5.41 Å². The lowest BCUT2D eigenvalue weighted by Crippen LogP contribution is -2.28. The third-order valence-electron chi connectivity index (χ3n) is 16.6. The van der Waals surface area contributed by atoms with Crippen molar-refractivity contribution in [1.29, 1.82) is 0 Å². The molecule has 2 aliphatic carbocycles. The van der Waals surface area contributed by atoms with E-state index in [-0.39, 0.29) is 5.92 Å². The molecule has 1 atom stereocenters. The summed E-state index contributed by atoms with van der Waals surface area (Å²) in [7, 11) is 0. The lowest BCUT2D eigenvalue weighted by Gasteiger charge is -2.34. The maximum Gasteiger partial charge on any atom is 0.0713 e. The van der Waals surface area contributed by atoms with E-state index < -0.39 is 5.41 Å². The summed E-state index contributed by atoms with van der Waals surface area (Å²) in [6, 6.07) is 103. The fourth-order valence-electron chi connectivity index (χ4n) is 13.1. The molecule has 2 nitrogen and oxygen atoms in total. The number of para-hydroxylation sites is 1. The minimum Gasteiger partial charge on any atom is -0.311 e. The Balaban J connectivity index is 0.849. The number of fused-ring (bicyclic) bond motifs is 8. The van der Waals surface area contributed by atoms with E-state index in [1.165, 1.54) is 110 Å². The Morgan fingerprint density at radius 3 is 1.60 bits per heavy atom. The molecule has 12 aromatic carbocycles. The monoisotopic (exact) mass is 980 g/mol. The van der Waals surface area contributed by atoms with Gasteiger partial charge in [-0.2, -0.15) is 0 Å². The molecule has 0 aliphatic heterocycles. The highest BCUT2D eigenvalue weighted by atomic mass is 15.1. The largest absolute Gasteiger partial charge is 0.311 e. The molecule has 1 heterocycles. The van der Waals surface area contributed by atoms with Gasteiger partial charge in [0.15, 0.2) is 0 Å². The van der Waals surface area contributed by atoms with Crippen molar-refractivity contribution < 1.29 is 0 Å². The van der Waals surface area contributed by atoms with Gasteiger partial charge in [0.2, 0.25) is 0 Å². The van der Waals surface area contributed by atoms with Gasteiger partial charge in [0.05, 0.1) is 16.4 Å². The summed E-state index contributed by atoms with van der Waals surface area (Å²) in [6.07, 6.45) is 8.07. The maximum absolute atomic E-state index is 2.50. The number of aromatic nitrogens is 1. The molecule has 0 bridgehead atoms. The molecule has 2 aliphatic rings. The average molecular weight is 981 g/mol. The molecule has 1 unspecified atom stereocenters. The molecule has 0 amide bonds. The number of rotatable bonds is 9. The number of hydrogen-bond donors (Lipinski definition) is 0. The Hall–Kier alpha value is -9.76. The smallest absolute Gasteiger partial charge is 0.0713 e. The summed E-state index contributed by atoms with van der Waals surface area (Å²) in [5, 5.41) is 7.57. The Morgan fingerprint density at radius 2 is 0.909 bits per heavy atom. The number of hydrogen-bond acceptors (Lipinski definition) is 1. The van der Waals surface area contributed by atoms with Gasteiger partial charge < -0.3 is 9.47 Å². The van der Waals surface area contributed by atoms with Gasteiger partial charge in [-0.1, -0.05) is 231 Å². The minimum atomic E-state index is -0.501. The maximum atomic E-state index is 2.50. The normalized spacial score (nSPS) is 14.4. The summed E-state index contributed by atoms with van der Waals surface area (Å²) in [5.74, 6) is 0.287. The van der Waals surface area contributed by atoms with Crippen LogP contribution in [0.3, 0.4) is 0 Å². The number of nitrogens with zero attached hydrogens (tertiary/aromatic N) is 2. The molecular weight excluding hydrogens is 929 g/mol. The van der Waals surface area contributed by atoms with E-state index in [1.54, 1.807) is 0 Å². The molecule has 13 aromatic rings. The fourth-order valence-corrected chi connectivity index (χ4v) is 13.1. The fraction of sp³-hybridized carbons (Fsp3) is 0.0400. The quantitative estimate of drug-likeness (QED) is 0.140. The first-order valence-corrected chi connectivity index (χ1v) is 26.9. The van der Waals surface area contributed by atoms with E-state index >= 15 is 0 Å². The van der Waals surface area contributed by atoms with E-state index in [4.69, 9.17) is 0 Å². The molecule has 2 heteroatoms. The molecule has 0 radical (unpaired) electrons. The van der Waals surface area contributed by atoms with Crippen LogP contribution in [0.4, 0.5) is 11.4 Å². The van der Waals surface area contributed by atoms with Gasteiger partial charge in [-0.05, 0) is 156 Å². The summed E-state index contributed by atoms with van der Waals surface area (Å²) in [6.45, 7) is 0. The van der Waals surface area contributed by atoms with Crippen LogP contribution in [0.1, 0.15) is 40.2 Å². The average Bonchev–Trinajstić information content (AvgIpc) is 4.17. The zero-order valence-corrected chi connectivity index (χ0v) is 42.5. The molecular formula is C75H52N2. The van der Waals surface area contributed by atoms with Crippen molar-refractivity contribution in [2.24, 2.45) is 0 Å². The van der Waals surface area contributed by atoms with Gasteiger partial charge in [0, 0.05) is 39.4 Å². The molecule has 362 valence electrons. The minimum absolute atomic E-state index is 0.287. The van der Waals surface area contributed by atoms with Crippen molar-refractivity contribution in [3.8, 4) is 39.1 Å². The standard InChI is InChI=1S/C75H52N2/c1-3-21-57(22-4-1)75(71-31-13-11-27-67(71)68-28-12-14-32-72(68)75)58-40-48-74-70(50-58)69-49-56(39-47-73(69)77(74)59-23-5-2-6-24-59)51-33-41-60(42-34-51)76(61-43-35-54(36-44-61)65-29-15-19-52-17-7-9-25-63(52)65)62-45-37-55(38-46-62)66-30-16-20-53-18-8-10-26-64(53)66/h1-37,39-50,55H,38H2. The SMILES string of the molecule is C1=CC(c2cccc3ccccc23)CC=C1N(c1ccc(-c2ccc3c(c2)c2cc(C4(c5ccccc5)c5ccccc5-c5ccccc54)ccc2n3-c2ccccc2)cc1)c1ccc(-c2cccc3ccccc23)cc1. The van der Waals surface area contributed by atoms with E-state index in [0.717, 1.165) is 23.5 Å². The van der Waals surface area contributed by atoms with Crippen LogP contribution < -0.4 is 4.90 Å². The van der Waals surface area contributed by atoms with Crippen LogP contribution in [0.5, 0.6) is 0 Å². The topological polar surface area (TPSA) is 8.17 Å². The van der Waals surface area contributed by atoms with E-state index in [9.17, 15) is 0 Å². The molecule has 0 saturated heterocycles. The molecule has 0 N–H and O–H groups in total. The predicted molar refractivity (Wildman–Crippen MR) is 324 cm³/mol. The van der Waals surface area contributed by atoms with Gasteiger partial charge in [-0.15, -0.1) is 0 Å². The van der Waals surface area contributed by atoms with Gasteiger partial charge in [-0.3, -0.25) is 0 Å². The second-order valence-corrected chi connectivity index (χ2v) is 20.7. The third-order valence-corrected chi connectivity index (χ3v) is 16.6. The molecule has 0 spiro atoms. The molecule has 0 saturated carbocycles.